The van der Waals surface area contributed by atoms with Gasteiger partial charge in [-0.05, 0) is 37.3 Å². The molecule has 1 aromatic rings. The van der Waals surface area contributed by atoms with Gasteiger partial charge >= 0.3 is 0 Å². The van der Waals surface area contributed by atoms with Crippen LogP contribution in [0.5, 0.6) is 0 Å². The van der Waals surface area contributed by atoms with Gasteiger partial charge in [0.25, 0.3) is 5.91 Å². The van der Waals surface area contributed by atoms with E-state index in [1.54, 1.807) is 12.1 Å². The predicted molar refractivity (Wildman–Crippen MR) is 79.7 cm³/mol. The average molecular weight is 299 g/mol. The molecule has 2 rings (SSSR count). The van der Waals surface area contributed by atoms with Crippen LogP contribution < -0.4 is 11.1 Å². The maximum atomic E-state index is 12.0. The molecule has 3 N–H and O–H groups in total. The van der Waals surface area contributed by atoms with E-state index in [1.165, 1.54) is 0 Å². The van der Waals surface area contributed by atoms with Gasteiger partial charge in [-0.3, -0.25) is 4.79 Å². The molecule has 1 aromatic carbocycles. The Bertz CT molecular complexity index is 491. The topological polar surface area (TPSA) is 55.1 Å². The second-order valence-corrected chi connectivity index (χ2v) is 5.53. The molecule has 1 aliphatic carbocycles. The third-order valence-electron chi connectivity index (χ3n) is 3.27. The van der Waals surface area contributed by atoms with Crippen LogP contribution >= 0.6 is 23.2 Å². The summed E-state index contributed by atoms with van der Waals surface area (Å²) in [4.78, 5) is 12.0. The molecule has 0 aromatic heterocycles. The van der Waals surface area contributed by atoms with Crippen molar-refractivity contribution in [3.63, 3.8) is 0 Å². The lowest BCUT2D eigenvalue weighted by Crippen LogP contribution is -2.29. The maximum absolute atomic E-state index is 12.0. The summed E-state index contributed by atoms with van der Waals surface area (Å²) in [5, 5.41) is 3.52. The summed E-state index contributed by atoms with van der Waals surface area (Å²) >= 11 is 11.8. The Kier molecular flexibility index (Phi) is 4.72. The zero-order valence-corrected chi connectivity index (χ0v) is 12.0. The Labute approximate surface area is 122 Å². The molecule has 0 saturated heterocycles. The fraction of sp³-hybridized carbons (Fsp3) is 0.357. The number of nitrogens with two attached hydrogens (primary N) is 1. The molecule has 102 valence electrons. The highest BCUT2D eigenvalue weighted by Gasteiger charge is 2.14. The first kappa shape index (κ1) is 14.2. The lowest BCUT2D eigenvalue weighted by Gasteiger charge is -2.18. The van der Waals surface area contributed by atoms with Crippen molar-refractivity contribution in [1.29, 1.82) is 0 Å². The molecule has 0 spiro atoms. The van der Waals surface area contributed by atoms with E-state index in [4.69, 9.17) is 28.9 Å². The number of carbonyl (C=O) groups excluding carboxylic acids is 1. The van der Waals surface area contributed by atoms with Crippen molar-refractivity contribution in [3.05, 3.63) is 39.9 Å². The minimum atomic E-state index is -0.168. The number of allylic oxidation sites excluding steroid dienone is 2. The van der Waals surface area contributed by atoms with Crippen molar-refractivity contribution in [1.82, 2.24) is 5.32 Å². The molecular formula is C14H16Cl2N2O. The molecule has 0 bridgehead atoms. The molecule has 19 heavy (non-hydrogen) atoms. The van der Waals surface area contributed by atoms with Crippen LogP contribution in [0.2, 0.25) is 10.0 Å². The number of benzene rings is 1. The third-order valence-corrected chi connectivity index (χ3v) is 3.90. The van der Waals surface area contributed by atoms with Crippen LogP contribution in [0.3, 0.4) is 0 Å². The Morgan fingerprint density at radius 2 is 2.00 bits per heavy atom. The number of hydrogen-bond donors (Lipinski definition) is 2. The summed E-state index contributed by atoms with van der Waals surface area (Å²) in [6.45, 7) is 0.669. The second-order valence-electron chi connectivity index (χ2n) is 4.71. The standard InChI is InChI=1S/C14H16Cl2N2O/c15-11-6-10(7-12(16)13(11)17)14(19)18-8-9-4-2-1-3-5-9/h1-2,6-7,9H,3-5,8,17H2,(H,18,19). The van der Waals surface area contributed by atoms with E-state index in [-0.39, 0.29) is 5.91 Å². The number of nitrogens with one attached hydrogen (secondary N) is 1. The molecule has 0 heterocycles. The van der Waals surface area contributed by atoms with Crippen molar-refractivity contribution < 1.29 is 4.79 Å². The Balaban J connectivity index is 1.98. The zero-order valence-electron chi connectivity index (χ0n) is 10.5. The van der Waals surface area contributed by atoms with Gasteiger partial charge in [0.05, 0.1) is 15.7 Å². The first-order valence-corrected chi connectivity index (χ1v) is 7.01. The summed E-state index contributed by atoms with van der Waals surface area (Å²) < 4.78 is 0. The van der Waals surface area contributed by atoms with Crippen LogP contribution in [0, 0.1) is 5.92 Å². The van der Waals surface area contributed by atoms with Crippen LogP contribution in [-0.2, 0) is 0 Å². The lowest BCUT2D eigenvalue weighted by molar-refractivity contribution is 0.0946. The molecule has 0 aliphatic heterocycles. The van der Waals surface area contributed by atoms with Crippen LogP contribution in [0.25, 0.3) is 0 Å². The van der Waals surface area contributed by atoms with Crippen molar-refractivity contribution in [3.8, 4) is 0 Å². The highest BCUT2D eigenvalue weighted by molar-refractivity contribution is 6.39. The van der Waals surface area contributed by atoms with Crippen molar-refractivity contribution in [2.75, 3.05) is 12.3 Å². The van der Waals surface area contributed by atoms with E-state index in [9.17, 15) is 4.79 Å². The number of hydrogen-bond acceptors (Lipinski definition) is 2. The van der Waals surface area contributed by atoms with Crippen LogP contribution in [0.1, 0.15) is 29.6 Å². The lowest BCUT2D eigenvalue weighted by atomic mass is 9.94. The van der Waals surface area contributed by atoms with E-state index in [2.05, 4.69) is 17.5 Å². The van der Waals surface area contributed by atoms with Gasteiger partial charge in [-0.15, -0.1) is 0 Å². The quantitative estimate of drug-likeness (QED) is 0.661. The van der Waals surface area contributed by atoms with Gasteiger partial charge in [0.1, 0.15) is 0 Å². The van der Waals surface area contributed by atoms with Gasteiger partial charge in [0.2, 0.25) is 0 Å². The molecular weight excluding hydrogens is 283 g/mol. The minimum Gasteiger partial charge on any atom is -0.396 e. The van der Waals surface area contributed by atoms with Gasteiger partial charge in [-0.1, -0.05) is 35.4 Å². The number of halogens is 2. The van der Waals surface area contributed by atoms with E-state index in [0.29, 0.717) is 33.8 Å². The van der Waals surface area contributed by atoms with Crippen LogP contribution in [0.4, 0.5) is 5.69 Å². The maximum Gasteiger partial charge on any atom is 0.251 e. The van der Waals surface area contributed by atoms with Crippen molar-refractivity contribution >= 4 is 34.8 Å². The normalized spacial score (nSPS) is 18.3. The van der Waals surface area contributed by atoms with Crippen LogP contribution in [-0.4, -0.2) is 12.5 Å². The molecule has 1 amide bonds. The number of nitrogen functional groups attached to an aromatic ring is 1. The Morgan fingerprint density at radius 1 is 1.32 bits per heavy atom. The molecule has 5 heteroatoms. The summed E-state index contributed by atoms with van der Waals surface area (Å²) in [6.07, 6.45) is 7.55. The summed E-state index contributed by atoms with van der Waals surface area (Å²) in [5.74, 6) is 0.340. The smallest absolute Gasteiger partial charge is 0.251 e. The molecule has 0 radical (unpaired) electrons. The van der Waals surface area contributed by atoms with E-state index in [0.717, 1.165) is 19.3 Å². The molecule has 0 saturated carbocycles. The second kappa shape index (κ2) is 6.31. The molecule has 0 fully saturated rings. The van der Waals surface area contributed by atoms with E-state index in [1.807, 2.05) is 0 Å². The summed E-state index contributed by atoms with van der Waals surface area (Å²) in [5.41, 5.74) is 6.38. The Morgan fingerprint density at radius 3 is 2.58 bits per heavy atom. The fourth-order valence-electron chi connectivity index (χ4n) is 2.10. The highest BCUT2D eigenvalue weighted by Crippen LogP contribution is 2.28. The van der Waals surface area contributed by atoms with Crippen LogP contribution in [0.15, 0.2) is 24.3 Å². The number of anilines is 1. The predicted octanol–water partition coefficient (Wildman–Crippen LogP) is 3.66. The number of rotatable bonds is 3. The van der Waals surface area contributed by atoms with Gasteiger partial charge in [-0.25, -0.2) is 0 Å². The number of carbonyl (C=O) groups is 1. The SMILES string of the molecule is Nc1c(Cl)cc(C(=O)NCC2CC=CCC2)cc1Cl. The van der Waals surface area contributed by atoms with Gasteiger partial charge < -0.3 is 11.1 Å². The van der Waals surface area contributed by atoms with Crippen molar-refractivity contribution in [2.24, 2.45) is 5.92 Å². The highest BCUT2D eigenvalue weighted by atomic mass is 35.5. The summed E-state index contributed by atoms with van der Waals surface area (Å²) in [6, 6.07) is 3.08. The van der Waals surface area contributed by atoms with E-state index >= 15 is 0 Å². The minimum absolute atomic E-state index is 0.168. The number of amides is 1. The molecule has 1 aliphatic rings. The fourth-order valence-corrected chi connectivity index (χ4v) is 2.58. The average Bonchev–Trinajstić information content (AvgIpc) is 2.42. The van der Waals surface area contributed by atoms with Gasteiger partial charge in [0.15, 0.2) is 0 Å². The molecule has 3 nitrogen and oxygen atoms in total. The van der Waals surface area contributed by atoms with Crippen molar-refractivity contribution in [2.45, 2.75) is 19.3 Å². The molecule has 1 atom stereocenters. The largest absolute Gasteiger partial charge is 0.396 e. The van der Waals surface area contributed by atoms with E-state index < -0.39 is 0 Å². The van der Waals surface area contributed by atoms with Gasteiger partial charge in [-0.2, -0.15) is 0 Å². The first-order chi connectivity index (χ1) is 9.08. The zero-order chi connectivity index (χ0) is 13.8. The summed E-state index contributed by atoms with van der Waals surface area (Å²) in [7, 11) is 0. The van der Waals surface area contributed by atoms with Gasteiger partial charge in [0, 0.05) is 12.1 Å². The first-order valence-electron chi connectivity index (χ1n) is 6.25. The third kappa shape index (κ3) is 3.64. The monoisotopic (exact) mass is 298 g/mol. The Hall–Kier alpha value is -1.19. The molecule has 1 unspecified atom stereocenters.